The van der Waals surface area contributed by atoms with Gasteiger partial charge in [0.2, 0.25) is 0 Å². The van der Waals surface area contributed by atoms with Gasteiger partial charge in [0.25, 0.3) is 0 Å². The summed E-state index contributed by atoms with van der Waals surface area (Å²) in [5.41, 5.74) is 7.34. The predicted octanol–water partition coefficient (Wildman–Crippen LogP) is 1.52. The van der Waals surface area contributed by atoms with Gasteiger partial charge in [-0.3, -0.25) is 0 Å². The number of rotatable bonds is 1. The molecule has 3 nitrogen and oxygen atoms in total. The number of hydrogen-bond acceptors (Lipinski definition) is 3. The summed E-state index contributed by atoms with van der Waals surface area (Å²) in [4.78, 5) is 8.81. The lowest BCUT2D eigenvalue weighted by Crippen LogP contribution is -1.93. The van der Waals surface area contributed by atoms with Crippen LogP contribution in [-0.4, -0.2) is 13.3 Å². The summed E-state index contributed by atoms with van der Waals surface area (Å²) < 4.78 is 0. The predicted molar refractivity (Wildman–Crippen MR) is 52.1 cm³/mol. The molecule has 1 aromatic rings. The quantitative estimate of drug-likeness (QED) is 0.491. The molecule has 3 N–H and O–H groups in total. The lowest BCUT2D eigenvalue weighted by Gasteiger charge is -2.01. The van der Waals surface area contributed by atoms with Crippen LogP contribution in [0.25, 0.3) is 0 Å². The van der Waals surface area contributed by atoms with E-state index in [1.807, 2.05) is 31.3 Å². The summed E-state index contributed by atoms with van der Waals surface area (Å²) in [6.45, 7) is 1.44. The van der Waals surface area contributed by atoms with Crippen LogP contribution in [0.15, 0.2) is 24.3 Å². The topological polar surface area (TPSA) is 55.1 Å². The first-order chi connectivity index (χ1) is 5.76. The van der Waals surface area contributed by atoms with Crippen LogP contribution in [0, 0.1) is 0 Å². The first-order valence-electron chi connectivity index (χ1n) is 3.68. The number of aldehydes is 1. The maximum atomic E-state index is 8.81. The summed E-state index contributed by atoms with van der Waals surface area (Å²) in [5, 5.41) is 2.97. The number of para-hydroxylation sites is 2. The van der Waals surface area contributed by atoms with E-state index in [0.29, 0.717) is 0 Å². The van der Waals surface area contributed by atoms with Crippen LogP contribution in [0.4, 0.5) is 11.4 Å². The smallest absolute Gasteiger partial charge is 0.116 e. The molecule has 0 saturated carbocycles. The van der Waals surface area contributed by atoms with Crippen LogP contribution in [-0.2, 0) is 4.79 Å². The average molecular weight is 166 g/mol. The van der Waals surface area contributed by atoms with Gasteiger partial charge in [-0.25, -0.2) is 0 Å². The van der Waals surface area contributed by atoms with Gasteiger partial charge in [0.05, 0.1) is 11.4 Å². The SMILES string of the molecule is CC=O.CNc1ccccc1N. The van der Waals surface area contributed by atoms with Gasteiger partial charge in [0.15, 0.2) is 0 Å². The first-order valence-corrected chi connectivity index (χ1v) is 3.68. The van der Waals surface area contributed by atoms with Gasteiger partial charge in [-0.1, -0.05) is 12.1 Å². The number of carbonyl (C=O) groups excluding carboxylic acids is 1. The molecule has 0 saturated heterocycles. The Morgan fingerprint density at radius 1 is 1.42 bits per heavy atom. The number of anilines is 2. The molecule has 66 valence electrons. The van der Waals surface area contributed by atoms with E-state index < -0.39 is 0 Å². The Bertz CT molecular complexity index is 236. The van der Waals surface area contributed by atoms with E-state index in [2.05, 4.69) is 5.32 Å². The fourth-order valence-corrected chi connectivity index (χ4v) is 0.725. The molecule has 0 aromatic heterocycles. The Kier molecular flexibility index (Phi) is 5.43. The zero-order valence-electron chi connectivity index (χ0n) is 7.37. The molecule has 1 rings (SSSR count). The second-order valence-electron chi connectivity index (χ2n) is 2.07. The maximum absolute atomic E-state index is 8.81. The van der Waals surface area contributed by atoms with Crippen molar-refractivity contribution < 1.29 is 4.79 Å². The van der Waals surface area contributed by atoms with E-state index in [1.54, 1.807) is 0 Å². The third-order valence-electron chi connectivity index (χ3n) is 1.23. The van der Waals surface area contributed by atoms with Crippen molar-refractivity contribution in [1.29, 1.82) is 0 Å². The van der Waals surface area contributed by atoms with Gasteiger partial charge < -0.3 is 15.8 Å². The van der Waals surface area contributed by atoms with E-state index in [1.165, 1.54) is 6.92 Å². The molecule has 0 aliphatic rings. The summed E-state index contributed by atoms with van der Waals surface area (Å²) in [6, 6.07) is 7.67. The minimum absolute atomic E-state index is 0.750. The molecular weight excluding hydrogens is 152 g/mol. The van der Waals surface area contributed by atoms with Gasteiger partial charge in [-0.2, -0.15) is 0 Å². The average Bonchev–Trinajstić information content (AvgIpc) is 2.07. The Balaban J connectivity index is 0.000000354. The highest BCUT2D eigenvalue weighted by molar-refractivity contribution is 5.65. The molecule has 0 fully saturated rings. The van der Waals surface area contributed by atoms with Crippen LogP contribution in [0.2, 0.25) is 0 Å². The zero-order valence-corrected chi connectivity index (χ0v) is 7.37. The van der Waals surface area contributed by atoms with Crippen LogP contribution < -0.4 is 11.1 Å². The number of hydrogen-bond donors (Lipinski definition) is 2. The fraction of sp³-hybridized carbons (Fsp3) is 0.222. The third kappa shape index (κ3) is 3.61. The van der Waals surface area contributed by atoms with Crippen molar-refractivity contribution in [3.63, 3.8) is 0 Å². The number of nitrogens with one attached hydrogen (secondary N) is 1. The Morgan fingerprint density at radius 2 is 1.92 bits per heavy atom. The summed E-state index contributed by atoms with van der Waals surface area (Å²) in [5.74, 6) is 0. The van der Waals surface area contributed by atoms with Crippen molar-refractivity contribution in [2.75, 3.05) is 18.1 Å². The highest BCUT2D eigenvalue weighted by Gasteiger charge is 1.89. The van der Waals surface area contributed by atoms with Crippen molar-refractivity contribution in [1.82, 2.24) is 0 Å². The zero-order chi connectivity index (χ0) is 9.40. The molecular formula is C9H14N2O. The number of benzene rings is 1. The van der Waals surface area contributed by atoms with E-state index >= 15 is 0 Å². The summed E-state index contributed by atoms with van der Waals surface area (Å²) >= 11 is 0. The summed E-state index contributed by atoms with van der Waals surface area (Å²) in [6.07, 6.45) is 0.750. The monoisotopic (exact) mass is 166 g/mol. The van der Waals surface area contributed by atoms with E-state index in [0.717, 1.165) is 17.7 Å². The molecule has 0 aliphatic carbocycles. The van der Waals surface area contributed by atoms with E-state index in [-0.39, 0.29) is 0 Å². The van der Waals surface area contributed by atoms with Crippen LogP contribution >= 0.6 is 0 Å². The second kappa shape index (κ2) is 6.22. The molecule has 0 bridgehead atoms. The molecule has 3 heteroatoms. The maximum Gasteiger partial charge on any atom is 0.116 e. The van der Waals surface area contributed by atoms with Gasteiger partial charge in [0.1, 0.15) is 6.29 Å². The fourth-order valence-electron chi connectivity index (χ4n) is 0.725. The third-order valence-corrected chi connectivity index (χ3v) is 1.23. The number of nitrogens with two attached hydrogens (primary N) is 1. The van der Waals surface area contributed by atoms with Crippen molar-refractivity contribution in [2.45, 2.75) is 6.92 Å². The molecule has 0 radical (unpaired) electrons. The highest BCUT2D eigenvalue weighted by atomic mass is 16.1. The minimum Gasteiger partial charge on any atom is -0.397 e. The minimum atomic E-state index is 0.750. The van der Waals surface area contributed by atoms with E-state index in [4.69, 9.17) is 10.5 Å². The summed E-state index contributed by atoms with van der Waals surface area (Å²) in [7, 11) is 1.85. The van der Waals surface area contributed by atoms with Crippen molar-refractivity contribution in [3.8, 4) is 0 Å². The first kappa shape index (κ1) is 10.5. The molecule has 12 heavy (non-hydrogen) atoms. The van der Waals surface area contributed by atoms with Crippen molar-refractivity contribution >= 4 is 17.7 Å². The van der Waals surface area contributed by atoms with Crippen LogP contribution in [0.1, 0.15) is 6.92 Å². The van der Waals surface area contributed by atoms with Gasteiger partial charge in [-0.05, 0) is 19.1 Å². The molecule has 0 atom stereocenters. The van der Waals surface area contributed by atoms with Crippen LogP contribution in [0.5, 0.6) is 0 Å². The second-order valence-corrected chi connectivity index (χ2v) is 2.07. The van der Waals surface area contributed by atoms with Crippen molar-refractivity contribution in [3.05, 3.63) is 24.3 Å². The van der Waals surface area contributed by atoms with Gasteiger partial charge in [-0.15, -0.1) is 0 Å². The lowest BCUT2D eigenvalue weighted by atomic mass is 10.3. The van der Waals surface area contributed by atoms with Crippen LogP contribution in [0.3, 0.4) is 0 Å². The Hall–Kier alpha value is -1.51. The molecule has 0 spiro atoms. The standard InChI is InChI=1S/C7H10N2.C2H4O/c1-9-7-5-3-2-4-6(7)8;1-2-3/h2-5,9H,8H2,1H3;2H,1H3. The molecule has 0 aliphatic heterocycles. The Morgan fingerprint density at radius 3 is 2.25 bits per heavy atom. The molecule has 0 heterocycles. The molecule has 1 aromatic carbocycles. The van der Waals surface area contributed by atoms with Gasteiger partial charge >= 0.3 is 0 Å². The largest absolute Gasteiger partial charge is 0.397 e. The Labute approximate surface area is 72.6 Å². The number of carbonyl (C=O) groups is 1. The van der Waals surface area contributed by atoms with Gasteiger partial charge in [0, 0.05) is 7.05 Å². The van der Waals surface area contributed by atoms with E-state index in [9.17, 15) is 0 Å². The molecule has 0 unspecified atom stereocenters. The van der Waals surface area contributed by atoms with Crippen molar-refractivity contribution in [2.24, 2.45) is 0 Å². The normalized spacial score (nSPS) is 7.83. The lowest BCUT2D eigenvalue weighted by molar-refractivity contribution is -0.106. The highest BCUT2D eigenvalue weighted by Crippen LogP contribution is 2.14. The number of nitrogen functional groups attached to an aromatic ring is 1. The molecule has 0 amide bonds.